The molecule has 2 N–H and O–H groups in total. The first-order valence-corrected chi connectivity index (χ1v) is 8.06. The Labute approximate surface area is 119 Å². The zero-order valence-electron chi connectivity index (χ0n) is 13.5. The van der Waals surface area contributed by atoms with E-state index in [1.807, 2.05) is 0 Å². The molecule has 3 heteroatoms. The summed E-state index contributed by atoms with van der Waals surface area (Å²) in [5, 5.41) is 13.9. The molecule has 0 radical (unpaired) electrons. The van der Waals surface area contributed by atoms with E-state index in [1.165, 1.54) is 0 Å². The normalized spacial score (nSPS) is 27.2. The van der Waals surface area contributed by atoms with Crippen LogP contribution >= 0.6 is 0 Å². The molecule has 19 heavy (non-hydrogen) atoms. The predicted molar refractivity (Wildman–Crippen MR) is 82.3 cm³/mol. The lowest BCUT2D eigenvalue weighted by Crippen LogP contribution is -2.52. The van der Waals surface area contributed by atoms with Crippen molar-refractivity contribution < 1.29 is 5.11 Å². The molecule has 1 fully saturated rings. The summed E-state index contributed by atoms with van der Waals surface area (Å²) >= 11 is 0. The molecule has 0 aromatic carbocycles. The summed E-state index contributed by atoms with van der Waals surface area (Å²) in [6.45, 7) is 15.6. The van der Waals surface area contributed by atoms with E-state index in [0.717, 1.165) is 39.0 Å². The van der Waals surface area contributed by atoms with Crippen molar-refractivity contribution in [2.45, 2.75) is 59.6 Å². The van der Waals surface area contributed by atoms with E-state index in [2.05, 4.69) is 44.8 Å². The molecule has 3 atom stereocenters. The Morgan fingerprint density at radius 1 is 1.16 bits per heavy atom. The van der Waals surface area contributed by atoms with Crippen molar-refractivity contribution in [1.82, 2.24) is 10.2 Å². The quantitative estimate of drug-likeness (QED) is 0.745. The first kappa shape index (κ1) is 16.9. The first-order chi connectivity index (χ1) is 8.92. The van der Waals surface area contributed by atoms with E-state index in [9.17, 15) is 5.11 Å². The third-order valence-corrected chi connectivity index (χ3v) is 3.96. The molecular formula is C16H34N2O. The van der Waals surface area contributed by atoms with E-state index >= 15 is 0 Å². The van der Waals surface area contributed by atoms with Crippen LogP contribution in [0.3, 0.4) is 0 Å². The molecular weight excluding hydrogens is 236 g/mol. The molecule has 114 valence electrons. The molecule has 0 aromatic heterocycles. The Bertz CT molecular complexity index is 243. The second-order valence-corrected chi connectivity index (χ2v) is 7.08. The molecule has 1 aliphatic rings. The summed E-state index contributed by atoms with van der Waals surface area (Å²) in [5.74, 6) is 1.82. The van der Waals surface area contributed by atoms with Gasteiger partial charge in [-0.05, 0) is 37.1 Å². The average Bonchev–Trinajstić information content (AvgIpc) is 2.34. The fourth-order valence-corrected chi connectivity index (χ4v) is 3.06. The Morgan fingerprint density at radius 3 is 2.37 bits per heavy atom. The van der Waals surface area contributed by atoms with Crippen LogP contribution in [0.1, 0.15) is 47.5 Å². The number of rotatable bonds is 7. The Kier molecular flexibility index (Phi) is 7.33. The summed E-state index contributed by atoms with van der Waals surface area (Å²) in [4.78, 5) is 2.54. The third kappa shape index (κ3) is 6.24. The van der Waals surface area contributed by atoms with Gasteiger partial charge in [0.25, 0.3) is 0 Å². The summed E-state index contributed by atoms with van der Waals surface area (Å²) in [7, 11) is 0. The van der Waals surface area contributed by atoms with Gasteiger partial charge in [-0.2, -0.15) is 0 Å². The highest BCUT2D eigenvalue weighted by Crippen LogP contribution is 2.22. The number of nitrogens with one attached hydrogen (secondary N) is 1. The SMILES string of the molecule is CCC(O)C1CC(NCC(C)C)CN(CC(C)C)C1. The Balaban J connectivity index is 2.55. The molecule has 3 unspecified atom stereocenters. The maximum absolute atomic E-state index is 10.2. The van der Waals surface area contributed by atoms with Crippen molar-refractivity contribution in [2.24, 2.45) is 17.8 Å². The Hall–Kier alpha value is -0.120. The van der Waals surface area contributed by atoms with Crippen LogP contribution in [0, 0.1) is 17.8 Å². The summed E-state index contributed by atoms with van der Waals surface area (Å²) in [5.41, 5.74) is 0. The summed E-state index contributed by atoms with van der Waals surface area (Å²) in [6.07, 6.45) is 1.85. The number of hydrogen-bond donors (Lipinski definition) is 2. The molecule has 1 rings (SSSR count). The molecule has 3 nitrogen and oxygen atoms in total. The van der Waals surface area contributed by atoms with Gasteiger partial charge in [0.2, 0.25) is 0 Å². The molecule has 0 saturated carbocycles. The number of aliphatic hydroxyl groups excluding tert-OH is 1. The number of hydrogen-bond acceptors (Lipinski definition) is 3. The van der Waals surface area contributed by atoms with Crippen molar-refractivity contribution in [2.75, 3.05) is 26.2 Å². The smallest absolute Gasteiger partial charge is 0.0578 e. The van der Waals surface area contributed by atoms with Crippen LogP contribution in [-0.2, 0) is 0 Å². The minimum absolute atomic E-state index is 0.140. The number of aliphatic hydroxyl groups is 1. The molecule has 0 amide bonds. The van der Waals surface area contributed by atoms with E-state index in [4.69, 9.17) is 0 Å². The van der Waals surface area contributed by atoms with E-state index < -0.39 is 0 Å². The number of piperidine rings is 1. The minimum atomic E-state index is -0.140. The van der Waals surface area contributed by atoms with Crippen molar-refractivity contribution in [3.05, 3.63) is 0 Å². The zero-order chi connectivity index (χ0) is 14.4. The topological polar surface area (TPSA) is 35.5 Å². The van der Waals surface area contributed by atoms with E-state index in [1.54, 1.807) is 0 Å². The second kappa shape index (κ2) is 8.23. The van der Waals surface area contributed by atoms with Gasteiger partial charge >= 0.3 is 0 Å². The monoisotopic (exact) mass is 270 g/mol. The van der Waals surface area contributed by atoms with Crippen molar-refractivity contribution in [3.8, 4) is 0 Å². The van der Waals surface area contributed by atoms with Crippen LogP contribution in [0.5, 0.6) is 0 Å². The van der Waals surface area contributed by atoms with Crippen LogP contribution in [0.4, 0.5) is 0 Å². The molecule has 1 saturated heterocycles. The number of likely N-dealkylation sites (tertiary alicyclic amines) is 1. The van der Waals surface area contributed by atoms with Gasteiger partial charge in [0.05, 0.1) is 6.10 Å². The van der Waals surface area contributed by atoms with E-state index in [-0.39, 0.29) is 6.10 Å². The highest BCUT2D eigenvalue weighted by molar-refractivity contribution is 4.86. The van der Waals surface area contributed by atoms with Crippen LogP contribution in [0.2, 0.25) is 0 Å². The molecule has 0 aromatic rings. The van der Waals surface area contributed by atoms with Crippen LogP contribution in [-0.4, -0.2) is 48.3 Å². The molecule has 1 aliphatic heterocycles. The Morgan fingerprint density at radius 2 is 1.84 bits per heavy atom. The fourth-order valence-electron chi connectivity index (χ4n) is 3.06. The molecule has 0 spiro atoms. The van der Waals surface area contributed by atoms with Crippen molar-refractivity contribution in [3.63, 3.8) is 0 Å². The van der Waals surface area contributed by atoms with E-state index in [0.29, 0.717) is 23.8 Å². The van der Waals surface area contributed by atoms with Gasteiger partial charge in [-0.15, -0.1) is 0 Å². The van der Waals surface area contributed by atoms with Gasteiger partial charge in [0.15, 0.2) is 0 Å². The fraction of sp³-hybridized carbons (Fsp3) is 1.00. The van der Waals surface area contributed by atoms with Gasteiger partial charge in [-0.3, -0.25) is 0 Å². The predicted octanol–water partition coefficient (Wildman–Crippen LogP) is 2.35. The first-order valence-electron chi connectivity index (χ1n) is 8.06. The maximum atomic E-state index is 10.2. The van der Waals surface area contributed by atoms with Gasteiger partial charge in [-0.25, -0.2) is 0 Å². The van der Waals surface area contributed by atoms with Crippen LogP contribution in [0.15, 0.2) is 0 Å². The largest absolute Gasteiger partial charge is 0.393 e. The lowest BCUT2D eigenvalue weighted by Gasteiger charge is -2.40. The summed E-state index contributed by atoms with van der Waals surface area (Å²) < 4.78 is 0. The summed E-state index contributed by atoms with van der Waals surface area (Å²) in [6, 6.07) is 0.543. The standard InChI is InChI=1S/C16H34N2O/c1-6-16(19)14-7-15(17-8-12(2)3)11-18(10-14)9-13(4)5/h12-17,19H,6-11H2,1-5H3. The van der Waals surface area contributed by atoms with Gasteiger partial charge < -0.3 is 15.3 Å². The number of nitrogens with zero attached hydrogens (tertiary/aromatic N) is 1. The highest BCUT2D eigenvalue weighted by Gasteiger charge is 2.30. The van der Waals surface area contributed by atoms with Crippen molar-refractivity contribution in [1.29, 1.82) is 0 Å². The average molecular weight is 270 g/mol. The van der Waals surface area contributed by atoms with Gasteiger partial charge in [-0.1, -0.05) is 34.6 Å². The minimum Gasteiger partial charge on any atom is -0.393 e. The highest BCUT2D eigenvalue weighted by atomic mass is 16.3. The molecule has 1 heterocycles. The second-order valence-electron chi connectivity index (χ2n) is 7.08. The maximum Gasteiger partial charge on any atom is 0.0578 e. The lowest BCUT2D eigenvalue weighted by atomic mass is 9.88. The lowest BCUT2D eigenvalue weighted by molar-refractivity contribution is 0.0313. The van der Waals surface area contributed by atoms with Crippen LogP contribution < -0.4 is 5.32 Å². The van der Waals surface area contributed by atoms with Gasteiger partial charge in [0, 0.05) is 25.7 Å². The van der Waals surface area contributed by atoms with Gasteiger partial charge in [0.1, 0.15) is 0 Å². The van der Waals surface area contributed by atoms with Crippen molar-refractivity contribution >= 4 is 0 Å². The molecule has 0 bridgehead atoms. The third-order valence-electron chi connectivity index (χ3n) is 3.96. The zero-order valence-corrected chi connectivity index (χ0v) is 13.5. The molecule has 0 aliphatic carbocycles. The van der Waals surface area contributed by atoms with Crippen LogP contribution in [0.25, 0.3) is 0 Å².